The van der Waals surface area contributed by atoms with Crippen molar-refractivity contribution in [1.29, 1.82) is 0 Å². The van der Waals surface area contributed by atoms with Crippen molar-refractivity contribution in [2.45, 2.75) is 6.54 Å². The Morgan fingerprint density at radius 1 is 1.19 bits per heavy atom. The standard InChI is InChI=1S/C15H14ClN3O2/c16-13-3-1-2-12(8-13)15(20)18-9-10-4-6-11(7-5-10)14(17)19-21/h1-8,21H,9H2,(H2,17,19)(H,18,20). The van der Waals surface area contributed by atoms with Crippen LogP contribution in [0.15, 0.2) is 53.7 Å². The molecule has 108 valence electrons. The van der Waals surface area contributed by atoms with Crippen LogP contribution in [0.25, 0.3) is 0 Å². The molecule has 1 amide bonds. The Morgan fingerprint density at radius 3 is 2.52 bits per heavy atom. The monoisotopic (exact) mass is 303 g/mol. The SMILES string of the molecule is NC(=NO)c1ccc(CNC(=O)c2cccc(Cl)c2)cc1. The van der Waals surface area contributed by atoms with Gasteiger partial charge in [-0.3, -0.25) is 4.79 Å². The van der Waals surface area contributed by atoms with Gasteiger partial charge in [-0.05, 0) is 23.8 Å². The van der Waals surface area contributed by atoms with Crippen LogP contribution in [0.4, 0.5) is 0 Å². The first-order valence-corrected chi connectivity index (χ1v) is 6.58. The second-order valence-electron chi connectivity index (χ2n) is 4.38. The van der Waals surface area contributed by atoms with Crippen LogP contribution >= 0.6 is 11.6 Å². The Balaban J connectivity index is 1.98. The first-order chi connectivity index (χ1) is 10.1. The van der Waals surface area contributed by atoms with Crippen LogP contribution in [0.3, 0.4) is 0 Å². The second kappa shape index (κ2) is 6.76. The number of halogens is 1. The number of hydrogen-bond donors (Lipinski definition) is 3. The predicted molar refractivity (Wildman–Crippen MR) is 81.6 cm³/mol. The number of carbonyl (C=O) groups is 1. The predicted octanol–water partition coefficient (Wildman–Crippen LogP) is 2.36. The molecule has 0 aliphatic carbocycles. The summed E-state index contributed by atoms with van der Waals surface area (Å²) in [6.45, 7) is 0.377. The molecule has 2 aromatic carbocycles. The molecule has 0 saturated heterocycles. The molecule has 0 saturated carbocycles. The number of rotatable bonds is 4. The van der Waals surface area contributed by atoms with Crippen molar-refractivity contribution < 1.29 is 10.0 Å². The molecule has 0 fully saturated rings. The number of nitrogens with zero attached hydrogens (tertiary/aromatic N) is 1. The Bertz CT molecular complexity index is 669. The average Bonchev–Trinajstić information content (AvgIpc) is 2.52. The smallest absolute Gasteiger partial charge is 0.251 e. The average molecular weight is 304 g/mol. The summed E-state index contributed by atoms with van der Waals surface area (Å²) in [5.41, 5.74) is 7.50. The van der Waals surface area contributed by atoms with Gasteiger partial charge >= 0.3 is 0 Å². The number of nitrogens with two attached hydrogens (primary N) is 1. The van der Waals surface area contributed by atoms with E-state index in [0.29, 0.717) is 22.7 Å². The molecule has 4 N–H and O–H groups in total. The van der Waals surface area contributed by atoms with Crippen LogP contribution in [0, 0.1) is 0 Å². The number of oxime groups is 1. The van der Waals surface area contributed by atoms with Crippen LogP contribution in [0.5, 0.6) is 0 Å². The summed E-state index contributed by atoms with van der Waals surface area (Å²) in [5, 5.41) is 14.8. The van der Waals surface area contributed by atoms with E-state index >= 15 is 0 Å². The Kier molecular flexibility index (Phi) is 4.79. The fraction of sp³-hybridized carbons (Fsp3) is 0.0667. The van der Waals surface area contributed by atoms with Gasteiger partial charge in [-0.1, -0.05) is 47.1 Å². The maximum atomic E-state index is 11.9. The van der Waals surface area contributed by atoms with E-state index in [1.54, 1.807) is 48.5 Å². The van der Waals surface area contributed by atoms with Gasteiger partial charge in [0.25, 0.3) is 5.91 Å². The first kappa shape index (κ1) is 14.9. The van der Waals surface area contributed by atoms with Gasteiger partial charge in [-0.25, -0.2) is 0 Å². The number of carbonyl (C=O) groups excluding carboxylic acids is 1. The van der Waals surface area contributed by atoms with Crippen molar-refractivity contribution in [1.82, 2.24) is 5.32 Å². The summed E-state index contributed by atoms with van der Waals surface area (Å²) >= 11 is 5.84. The van der Waals surface area contributed by atoms with Crippen molar-refractivity contribution in [3.05, 3.63) is 70.2 Å². The van der Waals surface area contributed by atoms with Crippen LogP contribution < -0.4 is 11.1 Å². The molecule has 0 radical (unpaired) electrons. The van der Waals surface area contributed by atoms with Gasteiger partial charge in [0.2, 0.25) is 0 Å². The van der Waals surface area contributed by atoms with Gasteiger partial charge in [0, 0.05) is 22.7 Å². The van der Waals surface area contributed by atoms with Crippen molar-refractivity contribution in [2.75, 3.05) is 0 Å². The molecule has 0 heterocycles. The summed E-state index contributed by atoms with van der Waals surface area (Å²) in [6, 6.07) is 13.8. The minimum absolute atomic E-state index is 0.0458. The van der Waals surface area contributed by atoms with Crippen LogP contribution in [0.1, 0.15) is 21.5 Å². The lowest BCUT2D eigenvalue weighted by Crippen LogP contribution is -2.22. The summed E-state index contributed by atoms with van der Waals surface area (Å²) < 4.78 is 0. The highest BCUT2D eigenvalue weighted by Gasteiger charge is 2.06. The lowest BCUT2D eigenvalue weighted by atomic mass is 10.1. The van der Waals surface area contributed by atoms with Crippen LogP contribution in [-0.4, -0.2) is 17.0 Å². The van der Waals surface area contributed by atoms with E-state index in [-0.39, 0.29) is 11.7 Å². The minimum atomic E-state index is -0.196. The summed E-state index contributed by atoms with van der Waals surface area (Å²) in [4.78, 5) is 11.9. The Morgan fingerprint density at radius 2 is 1.90 bits per heavy atom. The number of benzene rings is 2. The quantitative estimate of drug-likeness (QED) is 0.351. The van der Waals surface area contributed by atoms with Gasteiger partial charge in [0.05, 0.1) is 0 Å². The summed E-state index contributed by atoms with van der Waals surface area (Å²) in [6.07, 6.45) is 0. The fourth-order valence-corrected chi connectivity index (χ4v) is 1.96. The molecule has 2 rings (SSSR count). The van der Waals surface area contributed by atoms with E-state index in [1.165, 1.54) is 0 Å². The van der Waals surface area contributed by atoms with E-state index in [1.807, 2.05) is 0 Å². The molecule has 0 aliphatic rings. The Hall–Kier alpha value is -2.53. The second-order valence-corrected chi connectivity index (χ2v) is 4.81. The largest absolute Gasteiger partial charge is 0.409 e. The number of hydrogen-bond acceptors (Lipinski definition) is 3. The van der Waals surface area contributed by atoms with Gasteiger partial charge < -0.3 is 16.3 Å². The Labute approximate surface area is 127 Å². The zero-order valence-corrected chi connectivity index (χ0v) is 11.8. The lowest BCUT2D eigenvalue weighted by Gasteiger charge is -2.06. The zero-order valence-electron chi connectivity index (χ0n) is 11.1. The first-order valence-electron chi connectivity index (χ1n) is 6.21. The normalized spacial score (nSPS) is 11.2. The van der Waals surface area contributed by atoms with Crippen molar-refractivity contribution in [3.63, 3.8) is 0 Å². The van der Waals surface area contributed by atoms with E-state index in [0.717, 1.165) is 5.56 Å². The van der Waals surface area contributed by atoms with Gasteiger partial charge in [0.15, 0.2) is 5.84 Å². The fourth-order valence-electron chi connectivity index (χ4n) is 1.77. The van der Waals surface area contributed by atoms with E-state index < -0.39 is 0 Å². The lowest BCUT2D eigenvalue weighted by molar-refractivity contribution is 0.0951. The molecule has 21 heavy (non-hydrogen) atoms. The van der Waals surface area contributed by atoms with Crippen molar-refractivity contribution in [2.24, 2.45) is 10.9 Å². The van der Waals surface area contributed by atoms with E-state index in [2.05, 4.69) is 10.5 Å². The highest BCUT2D eigenvalue weighted by atomic mass is 35.5. The van der Waals surface area contributed by atoms with Crippen molar-refractivity contribution in [3.8, 4) is 0 Å². The third-order valence-corrected chi connectivity index (χ3v) is 3.13. The zero-order chi connectivity index (χ0) is 15.2. The van der Waals surface area contributed by atoms with Gasteiger partial charge in [0.1, 0.15) is 0 Å². The molecule has 0 aliphatic heterocycles. The summed E-state index contributed by atoms with van der Waals surface area (Å²) in [5.74, 6) is -0.150. The molecule has 2 aromatic rings. The molecule has 0 bridgehead atoms. The third-order valence-electron chi connectivity index (χ3n) is 2.90. The van der Waals surface area contributed by atoms with E-state index in [9.17, 15) is 4.79 Å². The number of nitrogens with one attached hydrogen (secondary N) is 1. The molecule has 6 heteroatoms. The molecule has 0 unspecified atom stereocenters. The number of amidine groups is 1. The third kappa shape index (κ3) is 3.97. The van der Waals surface area contributed by atoms with Gasteiger partial charge in [-0.2, -0.15) is 0 Å². The topological polar surface area (TPSA) is 87.7 Å². The van der Waals surface area contributed by atoms with Crippen LogP contribution in [-0.2, 0) is 6.54 Å². The van der Waals surface area contributed by atoms with Gasteiger partial charge in [-0.15, -0.1) is 0 Å². The molecular formula is C15H14ClN3O2. The highest BCUT2D eigenvalue weighted by molar-refractivity contribution is 6.30. The number of amides is 1. The minimum Gasteiger partial charge on any atom is -0.409 e. The molecule has 5 nitrogen and oxygen atoms in total. The highest BCUT2D eigenvalue weighted by Crippen LogP contribution is 2.11. The molecule has 0 aromatic heterocycles. The maximum Gasteiger partial charge on any atom is 0.251 e. The maximum absolute atomic E-state index is 11.9. The van der Waals surface area contributed by atoms with Crippen molar-refractivity contribution >= 4 is 23.3 Å². The molecular weight excluding hydrogens is 290 g/mol. The molecule has 0 spiro atoms. The van der Waals surface area contributed by atoms with E-state index in [4.69, 9.17) is 22.5 Å². The summed E-state index contributed by atoms with van der Waals surface area (Å²) in [7, 11) is 0. The molecule has 0 atom stereocenters. The van der Waals surface area contributed by atoms with Crippen LogP contribution in [0.2, 0.25) is 5.02 Å².